The van der Waals surface area contributed by atoms with Crippen LogP contribution < -0.4 is 21.3 Å². The van der Waals surface area contributed by atoms with E-state index in [0.717, 1.165) is 16.7 Å². The highest BCUT2D eigenvalue weighted by Gasteiger charge is 2.35. The number of aliphatic hydroxyl groups is 1. The number of hydrogen-bond donors (Lipinski definition) is 5. The van der Waals surface area contributed by atoms with E-state index >= 15 is 0 Å². The van der Waals surface area contributed by atoms with Crippen molar-refractivity contribution in [3.8, 4) is 0 Å². The van der Waals surface area contributed by atoms with E-state index in [2.05, 4.69) is 26.3 Å². The first kappa shape index (κ1) is 41.0. The van der Waals surface area contributed by atoms with Gasteiger partial charge in [-0.15, -0.1) is 0 Å². The molecular formula is C42H51N5O7. The summed E-state index contributed by atoms with van der Waals surface area (Å²) in [5.41, 5.74) is 3.01. The van der Waals surface area contributed by atoms with Crippen LogP contribution >= 0.6 is 0 Å². The SMILES string of the molecule is CC(C)[C@H](NC(=O)OCc1ccccc1)C(=O)N[C@@H](Cc1ccccc1)C(O)[C@H](Cc1ccccc1)NC(=O)[C@@H](NC(=O)OCc1ccccn1)C(C)C. The van der Waals surface area contributed by atoms with Crippen LogP contribution in [0.2, 0.25) is 0 Å². The molecule has 0 saturated heterocycles. The molecule has 0 bridgehead atoms. The summed E-state index contributed by atoms with van der Waals surface area (Å²) in [5.74, 6) is -1.74. The van der Waals surface area contributed by atoms with E-state index in [1.807, 2.05) is 91.0 Å². The van der Waals surface area contributed by atoms with Crippen molar-refractivity contribution in [2.24, 2.45) is 11.8 Å². The summed E-state index contributed by atoms with van der Waals surface area (Å²) in [6, 6.07) is 29.3. The minimum absolute atomic E-state index is 0.0313. The van der Waals surface area contributed by atoms with Crippen molar-refractivity contribution in [2.75, 3.05) is 0 Å². The molecule has 286 valence electrons. The lowest BCUT2D eigenvalue weighted by Crippen LogP contribution is -2.61. The number of rotatable bonds is 18. The van der Waals surface area contributed by atoms with Crippen molar-refractivity contribution in [1.29, 1.82) is 0 Å². The van der Waals surface area contributed by atoms with Gasteiger partial charge in [-0.1, -0.05) is 125 Å². The van der Waals surface area contributed by atoms with Gasteiger partial charge in [-0.3, -0.25) is 14.6 Å². The van der Waals surface area contributed by atoms with Crippen LogP contribution in [0.5, 0.6) is 0 Å². The molecule has 1 heterocycles. The molecule has 3 aromatic carbocycles. The van der Waals surface area contributed by atoms with Gasteiger partial charge in [0.05, 0.1) is 23.9 Å². The minimum atomic E-state index is -1.32. The van der Waals surface area contributed by atoms with Gasteiger partial charge in [-0.25, -0.2) is 9.59 Å². The number of hydrogen-bond acceptors (Lipinski definition) is 8. The van der Waals surface area contributed by atoms with Crippen LogP contribution in [0.15, 0.2) is 115 Å². The molecule has 1 aromatic heterocycles. The fourth-order valence-corrected chi connectivity index (χ4v) is 5.83. The fourth-order valence-electron chi connectivity index (χ4n) is 5.83. The lowest BCUT2D eigenvalue weighted by Gasteiger charge is -2.34. The van der Waals surface area contributed by atoms with Crippen LogP contribution in [0.4, 0.5) is 9.59 Å². The number of aromatic nitrogens is 1. The number of nitrogens with zero attached hydrogens (tertiary/aromatic N) is 1. The van der Waals surface area contributed by atoms with Gasteiger partial charge in [-0.2, -0.15) is 0 Å². The lowest BCUT2D eigenvalue weighted by molar-refractivity contribution is -0.126. The number of carbonyl (C=O) groups is 4. The predicted molar refractivity (Wildman–Crippen MR) is 205 cm³/mol. The number of amides is 4. The first-order valence-electron chi connectivity index (χ1n) is 18.2. The van der Waals surface area contributed by atoms with Gasteiger partial charge in [0.1, 0.15) is 25.3 Å². The quantitative estimate of drug-likeness (QED) is 0.0941. The Morgan fingerprint density at radius 2 is 0.963 bits per heavy atom. The molecule has 0 saturated carbocycles. The van der Waals surface area contributed by atoms with E-state index < -0.39 is 54.3 Å². The molecule has 4 rings (SSSR count). The number of benzene rings is 3. The highest BCUT2D eigenvalue weighted by molar-refractivity contribution is 5.87. The summed E-state index contributed by atoms with van der Waals surface area (Å²) in [6.45, 7) is 7.12. The average molecular weight is 738 g/mol. The Labute approximate surface area is 317 Å². The first-order valence-corrected chi connectivity index (χ1v) is 18.2. The molecule has 4 amide bonds. The monoisotopic (exact) mass is 737 g/mol. The minimum Gasteiger partial charge on any atom is -0.445 e. The van der Waals surface area contributed by atoms with Crippen molar-refractivity contribution >= 4 is 24.0 Å². The van der Waals surface area contributed by atoms with Crippen LogP contribution in [0, 0.1) is 11.8 Å². The maximum Gasteiger partial charge on any atom is 0.408 e. The van der Waals surface area contributed by atoms with E-state index in [1.54, 1.807) is 52.1 Å². The number of alkyl carbamates (subject to hydrolysis) is 2. The van der Waals surface area contributed by atoms with Crippen molar-refractivity contribution in [3.63, 3.8) is 0 Å². The molecule has 1 unspecified atom stereocenters. The summed E-state index contributed by atoms with van der Waals surface area (Å²) < 4.78 is 10.7. The Morgan fingerprint density at radius 1 is 0.556 bits per heavy atom. The number of ether oxygens (including phenoxy) is 2. The summed E-state index contributed by atoms with van der Waals surface area (Å²) >= 11 is 0. The van der Waals surface area contributed by atoms with Crippen molar-refractivity contribution < 1.29 is 33.8 Å². The zero-order valence-electron chi connectivity index (χ0n) is 31.2. The number of carbonyl (C=O) groups excluding carboxylic acids is 4. The average Bonchev–Trinajstić information content (AvgIpc) is 3.17. The smallest absolute Gasteiger partial charge is 0.408 e. The third-order valence-corrected chi connectivity index (χ3v) is 8.81. The van der Waals surface area contributed by atoms with Gasteiger partial charge < -0.3 is 35.8 Å². The van der Waals surface area contributed by atoms with Crippen molar-refractivity contribution in [2.45, 2.75) is 84.0 Å². The summed E-state index contributed by atoms with van der Waals surface area (Å²) in [7, 11) is 0. The van der Waals surface area contributed by atoms with Crippen LogP contribution in [0.25, 0.3) is 0 Å². The van der Waals surface area contributed by atoms with E-state index in [1.165, 1.54) is 0 Å². The normalized spacial score (nSPS) is 13.8. The molecule has 0 spiro atoms. The topological polar surface area (TPSA) is 168 Å². The highest BCUT2D eigenvalue weighted by Crippen LogP contribution is 2.16. The second-order valence-electron chi connectivity index (χ2n) is 13.8. The van der Waals surface area contributed by atoms with Gasteiger partial charge in [-0.05, 0) is 53.5 Å². The highest BCUT2D eigenvalue weighted by atomic mass is 16.6. The molecule has 12 nitrogen and oxygen atoms in total. The maximum absolute atomic E-state index is 13.9. The van der Waals surface area contributed by atoms with Gasteiger partial charge in [0.2, 0.25) is 11.8 Å². The molecule has 0 aliphatic rings. The third-order valence-electron chi connectivity index (χ3n) is 8.81. The number of pyridine rings is 1. The maximum atomic E-state index is 13.9. The second-order valence-corrected chi connectivity index (χ2v) is 13.8. The van der Waals surface area contributed by atoms with Crippen LogP contribution in [-0.4, -0.2) is 64.4 Å². The van der Waals surface area contributed by atoms with Crippen molar-refractivity contribution in [3.05, 3.63) is 138 Å². The Kier molecular flexibility index (Phi) is 16.0. The Balaban J connectivity index is 1.54. The molecule has 4 aromatic rings. The van der Waals surface area contributed by atoms with Gasteiger partial charge in [0.25, 0.3) is 0 Å². The summed E-state index contributed by atoms with van der Waals surface area (Å²) in [5, 5.41) is 23.4. The lowest BCUT2D eigenvalue weighted by atomic mass is 9.91. The van der Waals surface area contributed by atoms with Gasteiger partial charge in [0.15, 0.2) is 0 Å². The van der Waals surface area contributed by atoms with Crippen LogP contribution in [0.1, 0.15) is 50.1 Å². The fraction of sp³-hybridized carbons (Fsp3) is 0.357. The van der Waals surface area contributed by atoms with E-state index in [0.29, 0.717) is 5.69 Å². The standard InChI is InChI=1S/C42H51N5O7/c1-28(2)36(46-41(51)53-26-32-20-12-7-13-21-32)39(49)44-34(24-30-16-8-5-9-17-30)38(48)35(25-31-18-10-6-11-19-31)45-40(50)37(29(3)4)47-42(52)54-27-33-22-14-15-23-43-33/h5-23,28-29,34-38,48H,24-27H2,1-4H3,(H,44,49)(H,45,50)(H,46,51)(H,47,52)/t34-,35-,36-,37-,38?/m0/s1. The Hall–Kier alpha value is -5.75. The molecule has 12 heteroatoms. The summed E-state index contributed by atoms with van der Waals surface area (Å²) in [4.78, 5) is 57.7. The second kappa shape index (κ2) is 21.1. The van der Waals surface area contributed by atoms with E-state index in [9.17, 15) is 24.3 Å². The zero-order chi connectivity index (χ0) is 38.9. The van der Waals surface area contributed by atoms with Crippen LogP contribution in [-0.2, 0) is 45.1 Å². The molecule has 5 N–H and O–H groups in total. The molecule has 54 heavy (non-hydrogen) atoms. The van der Waals surface area contributed by atoms with E-state index in [4.69, 9.17) is 9.47 Å². The zero-order valence-corrected chi connectivity index (χ0v) is 31.2. The van der Waals surface area contributed by atoms with Crippen molar-refractivity contribution in [1.82, 2.24) is 26.3 Å². The Morgan fingerprint density at radius 3 is 1.37 bits per heavy atom. The third kappa shape index (κ3) is 13.3. The van der Waals surface area contributed by atoms with Gasteiger partial charge in [0, 0.05) is 6.20 Å². The number of nitrogens with one attached hydrogen (secondary N) is 4. The predicted octanol–water partition coefficient (Wildman–Crippen LogP) is 5.10. The number of aliphatic hydroxyl groups excluding tert-OH is 1. The molecule has 0 aliphatic carbocycles. The molecule has 5 atom stereocenters. The Bertz CT molecular complexity index is 1620. The van der Waals surface area contributed by atoms with Gasteiger partial charge >= 0.3 is 12.2 Å². The summed E-state index contributed by atoms with van der Waals surface area (Å²) in [6.07, 6.45) is -0.857. The van der Waals surface area contributed by atoms with E-state index in [-0.39, 0.29) is 37.9 Å². The molecular weight excluding hydrogens is 686 g/mol. The molecule has 0 fully saturated rings. The molecule has 0 aliphatic heterocycles. The first-order chi connectivity index (χ1) is 26.0. The largest absolute Gasteiger partial charge is 0.445 e. The molecule has 0 radical (unpaired) electrons. The van der Waals surface area contributed by atoms with Crippen LogP contribution in [0.3, 0.4) is 0 Å².